The van der Waals surface area contributed by atoms with Gasteiger partial charge in [-0.2, -0.15) is 0 Å². The summed E-state index contributed by atoms with van der Waals surface area (Å²) in [6.45, 7) is 1.11. The van der Waals surface area contributed by atoms with Crippen LogP contribution in [0.3, 0.4) is 0 Å². The summed E-state index contributed by atoms with van der Waals surface area (Å²) in [5.74, 6) is 2.19. The largest absolute Gasteiger partial charge is 0.309 e. The zero-order valence-corrected chi connectivity index (χ0v) is 16.7. The molecule has 2 aromatic carbocycles. The molecule has 0 aromatic heterocycles. The predicted octanol–water partition coefficient (Wildman–Crippen LogP) is 4.74. The Morgan fingerprint density at radius 3 is 2.21 bits per heavy atom. The van der Waals surface area contributed by atoms with Crippen molar-refractivity contribution in [2.75, 3.05) is 46.2 Å². The van der Waals surface area contributed by atoms with Crippen LogP contribution in [-0.4, -0.2) is 56.0 Å². The van der Waals surface area contributed by atoms with Gasteiger partial charge in [0.1, 0.15) is 0 Å². The van der Waals surface area contributed by atoms with E-state index in [1.165, 1.54) is 15.4 Å². The molecule has 0 bridgehead atoms. The van der Waals surface area contributed by atoms with E-state index in [0.717, 1.165) is 18.1 Å². The molecule has 0 fully saturated rings. The van der Waals surface area contributed by atoms with Gasteiger partial charge in [0.25, 0.3) is 0 Å². The maximum atomic E-state index is 2.36. The molecule has 1 atom stereocenters. The second kappa shape index (κ2) is 10.1. The molecule has 130 valence electrons. The summed E-state index contributed by atoms with van der Waals surface area (Å²) in [5.41, 5.74) is 1.40. The molecular formula is C20H28N2S2. The van der Waals surface area contributed by atoms with Gasteiger partial charge in [0.05, 0.1) is 0 Å². The Bertz CT molecular complexity index is 600. The molecular weight excluding hydrogens is 332 g/mol. The Kier molecular flexibility index (Phi) is 8.19. The van der Waals surface area contributed by atoms with Crippen LogP contribution in [0.2, 0.25) is 0 Å². The quantitative estimate of drug-likeness (QED) is 0.596. The second-order valence-electron chi connectivity index (χ2n) is 6.33. The summed E-state index contributed by atoms with van der Waals surface area (Å²) in [5, 5.41) is 0. The molecule has 2 aromatic rings. The molecule has 0 aliphatic carbocycles. The van der Waals surface area contributed by atoms with E-state index in [9.17, 15) is 0 Å². The Morgan fingerprint density at radius 1 is 0.833 bits per heavy atom. The first-order chi connectivity index (χ1) is 11.6. The standard InChI is InChI=1S/C20H28N2S2/c1-21(2)13-14-23-19-12-8-9-17(15-19)20(22(3)4)16-24-18-10-6-5-7-11-18/h5-12,15,20H,13-14,16H2,1-4H3. The lowest BCUT2D eigenvalue weighted by atomic mass is 10.1. The molecule has 2 rings (SSSR count). The monoisotopic (exact) mass is 360 g/mol. The highest BCUT2D eigenvalue weighted by molar-refractivity contribution is 7.99. The SMILES string of the molecule is CN(C)CCSc1cccc(C(CSc2ccccc2)N(C)C)c1. The van der Waals surface area contributed by atoms with Gasteiger partial charge in [0, 0.05) is 33.9 Å². The zero-order chi connectivity index (χ0) is 17.4. The molecule has 0 N–H and O–H groups in total. The fourth-order valence-corrected chi connectivity index (χ4v) is 4.67. The van der Waals surface area contributed by atoms with Gasteiger partial charge in [-0.05, 0) is 58.0 Å². The molecule has 1 unspecified atom stereocenters. The lowest BCUT2D eigenvalue weighted by Crippen LogP contribution is -2.22. The minimum atomic E-state index is 0.421. The molecule has 2 nitrogen and oxygen atoms in total. The first-order valence-electron chi connectivity index (χ1n) is 8.28. The van der Waals surface area contributed by atoms with Crippen LogP contribution in [0, 0.1) is 0 Å². The van der Waals surface area contributed by atoms with Gasteiger partial charge in [0.15, 0.2) is 0 Å². The predicted molar refractivity (Wildman–Crippen MR) is 109 cm³/mol. The summed E-state index contributed by atoms with van der Waals surface area (Å²) in [7, 11) is 8.59. The second-order valence-corrected chi connectivity index (χ2v) is 8.59. The van der Waals surface area contributed by atoms with Crippen molar-refractivity contribution in [2.24, 2.45) is 0 Å². The lowest BCUT2D eigenvalue weighted by Gasteiger charge is -2.25. The average molecular weight is 361 g/mol. The molecule has 0 aliphatic rings. The van der Waals surface area contributed by atoms with Crippen LogP contribution in [0.15, 0.2) is 64.4 Å². The van der Waals surface area contributed by atoms with Crippen molar-refractivity contribution in [3.63, 3.8) is 0 Å². The molecule has 0 spiro atoms. The highest BCUT2D eigenvalue weighted by Crippen LogP contribution is 2.30. The molecule has 24 heavy (non-hydrogen) atoms. The van der Waals surface area contributed by atoms with E-state index in [1.807, 2.05) is 23.5 Å². The van der Waals surface area contributed by atoms with Gasteiger partial charge in [-0.15, -0.1) is 23.5 Å². The van der Waals surface area contributed by atoms with Gasteiger partial charge in [-0.25, -0.2) is 0 Å². The minimum Gasteiger partial charge on any atom is -0.309 e. The van der Waals surface area contributed by atoms with Crippen molar-refractivity contribution in [1.29, 1.82) is 0 Å². The molecule has 0 saturated heterocycles. The van der Waals surface area contributed by atoms with Crippen LogP contribution in [0.25, 0.3) is 0 Å². The zero-order valence-electron chi connectivity index (χ0n) is 15.1. The van der Waals surface area contributed by atoms with Gasteiger partial charge in [0.2, 0.25) is 0 Å². The smallest absolute Gasteiger partial charge is 0.0436 e. The van der Waals surface area contributed by atoms with Crippen LogP contribution in [0.1, 0.15) is 11.6 Å². The van der Waals surface area contributed by atoms with E-state index in [1.54, 1.807) is 0 Å². The van der Waals surface area contributed by atoms with Crippen LogP contribution >= 0.6 is 23.5 Å². The van der Waals surface area contributed by atoms with E-state index in [0.29, 0.717) is 6.04 Å². The van der Waals surface area contributed by atoms with E-state index in [-0.39, 0.29) is 0 Å². The van der Waals surface area contributed by atoms with Crippen LogP contribution in [-0.2, 0) is 0 Å². The van der Waals surface area contributed by atoms with E-state index in [4.69, 9.17) is 0 Å². The van der Waals surface area contributed by atoms with Crippen molar-refractivity contribution in [3.05, 3.63) is 60.2 Å². The highest BCUT2D eigenvalue weighted by atomic mass is 32.2. The highest BCUT2D eigenvalue weighted by Gasteiger charge is 2.15. The number of benzene rings is 2. The summed E-state index contributed by atoms with van der Waals surface area (Å²) in [4.78, 5) is 7.25. The average Bonchev–Trinajstić information content (AvgIpc) is 2.56. The Balaban J connectivity index is 2.01. The van der Waals surface area contributed by atoms with Gasteiger partial charge < -0.3 is 9.80 Å². The van der Waals surface area contributed by atoms with Crippen LogP contribution in [0.4, 0.5) is 0 Å². The van der Waals surface area contributed by atoms with Gasteiger partial charge >= 0.3 is 0 Å². The summed E-state index contributed by atoms with van der Waals surface area (Å²) < 4.78 is 0. The number of hydrogen-bond donors (Lipinski definition) is 0. The Hall–Kier alpha value is -0.940. The van der Waals surface area contributed by atoms with Gasteiger partial charge in [-0.1, -0.05) is 30.3 Å². The molecule has 0 saturated carbocycles. The molecule has 0 amide bonds. The van der Waals surface area contributed by atoms with E-state index in [2.05, 4.69) is 92.6 Å². The first kappa shape index (κ1) is 19.4. The number of thioether (sulfide) groups is 2. The third-order valence-electron chi connectivity index (χ3n) is 3.82. The maximum absolute atomic E-state index is 2.36. The number of nitrogens with zero attached hydrogens (tertiary/aromatic N) is 2. The van der Waals surface area contributed by atoms with E-state index < -0.39 is 0 Å². The first-order valence-corrected chi connectivity index (χ1v) is 10.2. The van der Waals surface area contributed by atoms with Crippen molar-refractivity contribution in [3.8, 4) is 0 Å². The molecule has 4 heteroatoms. The fraction of sp³-hybridized carbons (Fsp3) is 0.400. The summed E-state index contributed by atoms with van der Waals surface area (Å²) in [6.07, 6.45) is 0. The van der Waals surface area contributed by atoms with Crippen molar-refractivity contribution in [1.82, 2.24) is 9.80 Å². The number of hydrogen-bond acceptors (Lipinski definition) is 4. The maximum Gasteiger partial charge on any atom is 0.0436 e. The summed E-state index contributed by atoms with van der Waals surface area (Å²) >= 11 is 3.86. The fourth-order valence-electron chi connectivity index (χ4n) is 2.39. The topological polar surface area (TPSA) is 6.48 Å². The normalized spacial score (nSPS) is 12.8. The lowest BCUT2D eigenvalue weighted by molar-refractivity contribution is 0.326. The molecule has 0 radical (unpaired) electrons. The Morgan fingerprint density at radius 2 is 1.54 bits per heavy atom. The Labute approximate surface area is 155 Å². The molecule has 0 aliphatic heterocycles. The summed E-state index contributed by atoms with van der Waals surface area (Å²) in [6, 6.07) is 20.1. The minimum absolute atomic E-state index is 0.421. The third kappa shape index (κ3) is 6.52. The van der Waals surface area contributed by atoms with Crippen LogP contribution in [0.5, 0.6) is 0 Å². The molecule has 0 heterocycles. The van der Waals surface area contributed by atoms with Crippen LogP contribution < -0.4 is 0 Å². The van der Waals surface area contributed by atoms with E-state index >= 15 is 0 Å². The third-order valence-corrected chi connectivity index (χ3v) is 5.89. The van der Waals surface area contributed by atoms with Crippen molar-refractivity contribution in [2.45, 2.75) is 15.8 Å². The van der Waals surface area contributed by atoms with Crippen molar-refractivity contribution >= 4 is 23.5 Å². The number of rotatable bonds is 9. The van der Waals surface area contributed by atoms with Gasteiger partial charge in [-0.3, -0.25) is 0 Å². The van der Waals surface area contributed by atoms with Crippen molar-refractivity contribution < 1.29 is 0 Å².